The van der Waals surface area contributed by atoms with Crippen molar-refractivity contribution in [1.82, 2.24) is 5.32 Å². The molecule has 0 aliphatic rings. The van der Waals surface area contributed by atoms with Crippen molar-refractivity contribution in [3.05, 3.63) is 29.3 Å². The SMILES string of the molecule is CCCNCC(C)Cc1cc(C)ccc1OC. The third kappa shape index (κ3) is 4.78. The molecule has 0 saturated carbocycles. The fourth-order valence-electron chi connectivity index (χ4n) is 2.04. The molecular formula is C15H25NO. The van der Waals surface area contributed by atoms with Crippen LogP contribution >= 0.6 is 0 Å². The summed E-state index contributed by atoms with van der Waals surface area (Å²) in [7, 11) is 1.74. The van der Waals surface area contributed by atoms with Gasteiger partial charge >= 0.3 is 0 Å². The molecule has 1 atom stereocenters. The van der Waals surface area contributed by atoms with E-state index in [9.17, 15) is 0 Å². The molecule has 1 unspecified atom stereocenters. The van der Waals surface area contributed by atoms with Crippen molar-refractivity contribution in [2.45, 2.75) is 33.6 Å². The minimum Gasteiger partial charge on any atom is -0.496 e. The van der Waals surface area contributed by atoms with Gasteiger partial charge in [-0.2, -0.15) is 0 Å². The lowest BCUT2D eigenvalue weighted by Gasteiger charge is -2.15. The smallest absolute Gasteiger partial charge is 0.122 e. The molecule has 0 heterocycles. The quantitative estimate of drug-likeness (QED) is 0.733. The Bertz CT molecular complexity index is 336. The van der Waals surface area contributed by atoms with Gasteiger partial charge in [0.2, 0.25) is 0 Å². The van der Waals surface area contributed by atoms with E-state index >= 15 is 0 Å². The van der Waals surface area contributed by atoms with Crippen molar-refractivity contribution in [3.8, 4) is 5.75 Å². The van der Waals surface area contributed by atoms with E-state index in [0.717, 1.165) is 25.3 Å². The second-order valence-electron chi connectivity index (χ2n) is 4.83. The van der Waals surface area contributed by atoms with Crippen LogP contribution in [0.1, 0.15) is 31.4 Å². The van der Waals surface area contributed by atoms with Crippen molar-refractivity contribution in [3.63, 3.8) is 0 Å². The Kier molecular flexibility index (Phi) is 6.06. The highest BCUT2D eigenvalue weighted by Crippen LogP contribution is 2.22. The maximum Gasteiger partial charge on any atom is 0.122 e. The minimum absolute atomic E-state index is 0.636. The summed E-state index contributed by atoms with van der Waals surface area (Å²) in [5, 5.41) is 3.47. The number of methoxy groups -OCH3 is 1. The highest BCUT2D eigenvalue weighted by Gasteiger charge is 2.08. The lowest BCUT2D eigenvalue weighted by molar-refractivity contribution is 0.404. The van der Waals surface area contributed by atoms with Crippen LogP contribution in [0.4, 0.5) is 0 Å². The molecule has 0 amide bonds. The van der Waals surface area contributed by atoms with Crippen LogP contribution in [-0.2, 0) is 6.42 Å². The first-order chi connectivity index (χ1) is 8.17. The first-order valence-corrected chi connectivity index (χ1v) is 6.51. The fourth-order valence-corrected chi connectivity index (χ4v) is 2.04. The summed E-state index contributed by atoms with van der Waals surface area (Å²) in [4.78, 5) is 0. The van der Waals surface area contributed by atoms with Gasteiger partial charge in [-0.05, 0) is 50.4 Å². The summed E-state index contributed by atoms with van der Waals surface area (Å²) in [6.45, 7) is 8.79. The summed E-state index contributed by atoms with van der Waals surface area (Å²) in [5.41, 5.74) is 2.62. The van der Waals surface area contributed by atoms with Gasteiger partial charge in [0, 0.05) is 0 Å². The number of hydrogen-bond acceptors (Lipinski definition) is 2. The number of benzene rings is 1. The molecule has 0 bridgehead atoms. The van der Waals surface area contributed by atoms with E-state index in [-0.39, 0.29) is 0 Å². The Labute approximate surface area is 105 Å². The van der Waals surface area contributed by atoms with E-state index in [1.54, 1.807) is 7.11 Å². The molecule has 0 spiro atoms. The Hall–Kier alpha value is -1.02. The molecule has 2 nitrogen and oxygen atoms in total. The van der Waals surface area contributed by atoms with Gasteiger partial charge in [0.25, 0.3) is 0 Å². The molecule has 0 aromatic heterocycles. The molecule has 17 heavy (non-hydrogen) atoms. The normalized spacial score (nSPS) is 12.5. The fraction of sp³-hybridized carbons (Fsp3) is 0.600. The van der Waals surface area contributed by atoms with Crippen LogP contribution in [0.2, 0.25) is 0 Å². The van der Waals surface area contributed by atoms with Crippen molar-refractivity contribution in [1.29, 1.82) is 0 Å². The predicted molar refractivity (Wildman–Crippen MR) is 73.8 cm³/mol. The zero-order valence-corrected chi connectivity index (χ0v) is 11.5. The molecule has 1 N–H and O–H groups in total. The molecule has 0 aliphatic heterocycles. The highest BCUT2D eigenvalue weighted by atomic mass is 16.5. The molecule has 1 rings (SSSR count). The van der Waals surface area contributed by atoms with Crippen LogP contribution in [0, 0.1) is 12.8 Å². The van der Waals surface area contributed by atoms with Gasteiger partial charge in [-0.25, -0.2) is 0 Å². The van der Waals surface area contributed by atoms with Crippen molar-refractivity contribution < 1.29 is 4.74 Å². The van der Waals surface area contributed by atoms with Crippen LogP contribution < -0.4 is 10.1 Å². The zero-order chi connectivity index (χ0) is 12.7. The monoisotopic (exact) mass is 235 g/mol. The van der Waals surface area contributed by atoms with Crippen molar-refractivity contribution in [2.75, 3.05) is 20.2 Å². The highest BCUT2D eigenvalue weighted by molar-refractivity contribution is 5.37. The van der Waals surface area contributed by atoms with Gasteiger partial charge in [0.15, 0.2) is 0 Å². The lowest BCUT2D eigenvalue weighted by atomic mass is 9.98. The van der Waals surface area contributed by atoms with Crippen molar-refractivity contribution >= 4 is 0 Å². The first kappa shape index (κ1) is 14.0. The molecule has 96 valence electrons. The van der Waals surface area contributed by atoms with Gasteiger partial charge in [-0.15, -0.1) is 0 Å². The van der Waals surface area contributed by atoms with Gasteiger partial charge in [-0.3, -0.25) is 0 Å². The number of rotatable bonds is 7. The molecular weight excluding hydrogens is 210 g/mol. The summed E-state index contributed by atoms with van der Waals surface area (Å²) in [5.74, 6) is 1.65. The van der Waals surface area contributed by atoms with Gasteiger partial charge in [0.05, 0.1) is 7.11 Å². The van der Waals surface area contributed by atoms with Crippen LogP contribution in [0.5, 0.6) is 5.75 Å². The molecule has 0 fully saturated rings. The average molecular weight is 235 g/mol. The molecule has 0 radical (unpaired) electrons. The molecule has 0 aliphatic carbocycles. The zero-order valence-electron chi connectivity index (χ0n) is 11.5. The summed E-state index contributed by atoms with van der Waals surface area (Å²) >= 11 is 0. The Balaban J connectivity index is 2.57. The Morgan fingerprint density at radius 2 is 2.12 bits per heavy atom. The van der Waals surface area contributed by atoms with Gasteiger partial charge in [-0.1, -0.05) is 31.5 Å². The number of nitrogens with one attached hydrogen (secondary N) is 1. The summed E-state index contributed by atoms with van der Waals surface area (Å²) in [6.07, 6.45) is 2.27. The Morgan fingerprint density at radius 3 is 2.76 bits per heavy atom. The van der Waals surface area contributed by atoms with Crippen LogP contribution in [-0.4, -0.2) is 20.2 Å². The number of aryl methyl sites for hydroxylation is 1. The maximum absolute atomic E-state index is 5.41. The second-order valence-corrected chi connectivity index (χ2v) is 4.83. The third-order valence-electron chi connectivity index (χ3n) is 2.92. The molecule has 1 aromatic carbocycles. The number of ether oxygens (including phenoxy) is 1. The van der Waals surface area contributed by atoms with E-state index in [1.165, 1.54) is 17.5 Å². The van der Waals surface area contributed by atoms with Crippen molar-refractivity contribution in [2.24, 2.45) is 5.92 Å². The maximum atomic E-state index is 5.41. The lowest BCUT2D eigenvalue weighted by Crippen LogP contribution is -2.23. The molecule has 1 aromatic rings. The van der Waals surface area contributed by atoms with Gasteiger partial charge in [0.1, 0.15) is 5.75 Å². The standard InChI is InChI=1S/C15H25NO/c1-5-8-16-11-13(3)10-14-9-12(2)6-7-15(14)17-4/h6-7,9,13,16H,5,8,10-11H2,1-4H3. The van der Waals surface area contributed by atoms with Gasteiger partial charge < -0.3 is 10.1 Å². The van der Waals surface area contributed by atoms with Crippen LogP contribution in [0.25, 0.3) is 0 Å². The second kappa shape index (κ2) is 7.33. The Morgan fingerprint density at radius 1 is 1.35 bits per heavy atom. The van der Waals surface area contributed by atoms with E-state index in [4.69, 9.17) is 4.74 Å². The van der Waals surface area contributed by atoms with Crippen LogP contribution in [0.3, 0.4) is 0 Å². The average Bonchev–Trinajstić information content (AvgIpc) is 2.29. The topological polar surface area (TPSA) is 21.3 Å². The van der Waals surface area contributed by atoms with E-state index in [1.807, 2.05) is 0 Å². The molecule has 2 heteroatoms. The molecule has 0 saturated heterocycles. The van der Waals surface area contributed by atoms with E-state index < -0.39 is 0 Å². The third-order valence-corrected chi connectivity index (χ3v) is 2.92. The largest absolute Gasteiger partial charge is 0.496 e. The van der Waals surface area contributed by atoms with Crippen LogP contribution in [0.15, 0.2) is 18.2 Å². The van der Waals surface area contributed by atoms with E-state index in [0.29, 0.717) is 5.92 Å². The summed E-state index contributed by atoms with van der Waals surface area (Å²) in [6, 6.07) is 6.40. The predicted octanol–water partition coefficient (Wildman–Crippen LogP) is 3.18. The number of hydrogen-bond donors (Lipinski definition) is 1. The van der Waals surface area contributed by atoms with E-state index in [2.05, 4.69) is 44.3 Å². The first-order valence-electron chi connectivity index (χ1n) is 6.51. The minimum atomic E-state index is 0.636. The summed E-state index contributed by atoms with van der Waals surface area (Å²) < 4.78 is 5.41.